The maximum atomic E-state index is 13.7. The Labute approximate surface area is 151 Å². The van der Waals surface area contributed by atoms with E-state index in [1.807, 2.05) is 6.07 Å². The largest absolute Gasteiger partial charge is 0.279 e. The van der Waals surface area contributed by atoms with Gasteiger partial charge in [-0.25, -0.2) is 4.39 Å². The molecular weight excluding hydrogens is 395 g/mol. The number of carbonyl (C=O) groups is 2. The molecule has 1 aromatic heterocycles. The normalized spacial score (nSPS) is 16.4. The van der Waals surface area contributed by atoms with Crippen molar-refractivity contribution in [3.63, 3.8) is 0 Å². The fourth-order valence-electron chi connectivity index (χ4n) is 2.73. The summed E-state index contributed by atoms with van der Waals surface area (Å²) in [4.78, 5) is 26.0. The minimum Gasteiger partial charge on any atom is -0.267 e. The Hall–Kier alpha value is -1.73. The Kier molecular flexibility index (Phi) is 5.01. The average molecular weight is 411 g/mol. The first kappa shape index (κ1) is 17.1. The molecule has 1 atom stereocenters. The van der Waals surface area contributed by atoms with Crippen LogP contribution in [0.1, 0.15) is 43.8 Å². The van der Waals surface area contributed by atoms with Crippen molar-refractivity contribution < 1.29 is 14.0 Å². The third-order valence-corrected chi connectivity index (χ3v) is 5.74. The van der Waals surface area contributed by atoms with E-state index in [9.17, 15) is 14.0 Å². The molecule has 2 N–H and O–H groups in total. The van der Waals surface area contributed by atoms with Crippen molar-refractivity contribution in [1.29, 1.82) is 0 Å². The predicted octanol–water partition coefficient (Wildman–Crippen LogP) is 3.85. The summed E-state index contributed by atoms with van der Waals surface area (Å²) in [5.41, 5.74) is 5.70. The Balaban J connectivity index is 1.65. The van der Waals surface area contributed by atoms with Crippen LogP contribution in [-0.4, -0.2) is 11.8 Å². The van der Waals surface area contributed by atoms with E-state index >= 15 is 0 Å². The molecule has 0 spiro atoms. The summed E-state index contributed by atoms with van der Waals surface area (Å²) >= 11 is 4.64. The van der Waals surface area contributed by atoms with Crippen molar-refractivity contribution >= 4 is 39.1 Å². The zero-order valence-corrected chi connectivity index (χ0v) is 15.4. The average Bonchev–Trinajstić information content (AvgIpc) is 2.97. The van der Waals surface area contributed by atoms with Crippen LogP contribution in [0, 0.1) is 11.7 Å². The molecule has 1 aromatic carbocycles. The number of rotatable bonds is 2. The van der Waals surface area contributed by atoms with E-state index in [2.05, 4.69) is 33.7 Å². The van der Waals surface area contributed by atoms with E-state index in [4.69, 9.17) is 0 Å². The third-order valence-electron chi connectivity index (χ3n) is 4.02. The molecule has 1 aliphatic carbocycles. The van der Waals surface area contributed by atoms with Crippen molar-refractivity contribution in [3.8, 4) is 0 Å². The van der Waals surface area contributed by atoms with Crippen LogP contribution in [0.2, 0.25) is 0 Å². The quantitative estimate of drug-likeness (QED) is 0.738. The second-order valence-corrected chi connectivity index (χ2v) is 7.99. The summed E-state index contributed by atoms with van der Waals surface area (Å²) in [6.07, 6.45) is 3.10. The van der Waals surface area contributed by atoms with Gasteiger partial charge in [-0.1, -0.05) is 22.9 Å². The number of thiophene rings is 1. The fourth-order valence-corrected chi connectivity index (χ4v) is 4.20. The lowest BCUT2D eigenvalue weighted by molar-refractivity contribution is 0.0846. The number of fused-ring (bicyclic) bond motifs is 1. The van der Waals surface area contributed by atoms with Gasteiger partial charge in [0.1, 0.15) is 5.82 Å². The summed E-state index contributed by atoms with van der Waals surface area (Å²) in [5.74, 6) is -1.10. The molecule has 0 saturated carbocycles. The van der Waals surface area contributed by atoms with E-state index in [-0.39, 0.29) is 11.5 Å². The predicted molar refractivity (Wildman–Crippen MR) is 94.5 cm³/mol. The number of hydrogen-bond donors (Lipinski definition) is 2. The van der Waals surface area contributed by atoms with Crippen molar-refractivity contribution in [2.24, 2.45) is 5.92 Å². The number of hydrogen-bond acceptors (Lipinski definition) is 3. The summed E-state index contributed by atoms with van der Waals surface area (Å²) in [7, 11) is 0. The molecule has 0 unspecified atom stereocenters. The molecule has 0 bridgehead atoms. The van der Waals surface area contributed by atoms with Crippen LogP contribution in [-0.2, 0) is 12.8 Å². The second-order valence-electron chi connectivity index (χ2n) is 5.94. The molecule has 24 heavy (non-hydrogen) atoms. The summed E-state index contributed by atoms with van der Waals surface area (Å²) < 4.78 is 14.3. The maximum Gasteiger partial charge on any atom is 0.279 e. The van der Waals surface area contributed by atoms with Crippen LogP contribution < -0.4 is 10.9 Å². The standard InChI is InChI=1S/C17H16BrFN2O2S/c1-9-2-5-14-10(6-9)7-15(24-14)17(23)21-20-16(22)12-8-11(18)3-4-13(12)19/h3-4,7-9H,2,5-6H2,1H3,(H,20,22)(H,21,23)/t9-/m0/s1. The molecule has 1 aliphatic rings. The van der Waals surface area contributed by atoms with Crippen LogP contribution in [0.15, 0.2) is 28.7 Å². The Morgan fingerprint density at radius 3 is 2.79 bits per heavy atom. The number of carbonyl (C=O) groups excluding carboxylic acids is 2. The first-order chi connectivity index (χ1) is 11.4. The van der Waals surface area contributed by atoms with E-state index in [0.717, 1.165) is 19.3 Å². The number of aryl methyl sites for hydroxylation is 1. The van der Waals surface area contributed by atoms with Gasteiger partial charge in [0, 0.05) is 9.35 Å². The summed E-state index contributed by atoms with van der Waals surface area (Å²) in [6.45, 7) is 2.20. The molecule has 2 amide bonds. The van der Waals surface area contributed by atoms with Gasteiger partial charge in [-0.05, 0) is 55.0 Å². The molecule has 0 radical (unpaired) electrons. The minimum absolute atomic E-state index is 0.135. The number of halogens is 2. The Morgan fingerprint density at radius 2 is 2.00 bits per heavy atom. The minimum atomic E-state index is -0.697. The Morgan fingerprint density at radius 1 is 1.25 bits per heavy atom. The molecular formula is C17H16BrFN2O2S. The topological polar surface area (TPSA) is 58.2 Å². The van der Waals surface area contributed by atoms with Crippen molar-refractivity contribution in [2.75, 3.05) is 0 Å². The molecule has 1 heterocycles. The molecule has 0 saturated heterocycles. The smallest absolute Gasteiger partial charge is 0.267 e. The number of nitrogens with one attached hydrogen (secondary N) is 2. The highest BCUT2D eigenvalue weighted by molar-refractivity contribution is 9.10. The summed E-state index contributed by atoms with van der Waals surface area (Å²) in [6, 6.07) is 5.94. The van der Waals surface area contributed by atoms with Gasteiger partial charge in [0.2, 0.25) is 0 Å². The molecule has 0 fully saturated rings. The number of hydrazine groups is 1. The maximum absolute atomic E-state index is 13.7. The number of benzene rings is 1. The van der Waals surface area contributed by atoms with E-state index in [1.165, 1.54) is 40.0 Å². The van der Waals surface area contributed by atoms with Crippen LogP contribution >= 0.6 is 27.3 Å². The highest BCUT2D eigenvalue weighted by Crippen LogP contribution is 2.32. The lowest BCUT2D eigenvalue weighted by Crippen LogP contribution is -2.41. The van der Waals surface area contributed by atoms with E-state index in [1.54, 1.807) is 0 Å². The second kappa shape index (κ2) is 7.03. The lowest BCUT2D eigenvalue weighted by Gasteiger charge is -2.16. The van der Waals surface area contributed by atoms with Crippen LogP contribution in [0.25, 0.3) is 0 Å². The van der Waals surface area contributed by atoms with E-state index in [0.29, 0.717) is 15.3 Å². The van der Waals surface area contributed by atoms with Crippen molar-refractivity contribution in [3.05, 3.63) is 55.4 Å². The first-order valence-corrected chi connectivity index (χ1v) is 9.22. The molecule has 2 aromatic rings. The zero-order chi connectivity index (χ0) is 17.3. The Bertz CT molecular complexity index is 806. The first-order valence-electron chi connectivity index (χ1n) is 7.61. The zero-order valence-electron chi connectivity index (χ0n) is 13.0. The van der Waals surface area contributed by atoms with Crippen LogP contribution in [0.5, 0.6) is 0 Å². The molecule has 126 valence electrons. The molecule has 7 heteroatoms. The van der Waals surface area contributed by atoms with Gasteiger partial charge in [-0.3, -0.25) is 20.4 Å². The van der Waals surface area contributed by atoms with Crippen LogP contribution in [0.3, 0.4) is 0 Å². The van der Waals surface area contributed by atoms with Crippen LogP contribution in [0.4, 0.5) is 4.39 Å². The van der Waals surface area contributed by atoms with Gasteiger partial charge in [0.25, 0.3) is 11.8 Å². The summed E-state index contributed by atoms with van der Waals surface area (Å²) in [5, 5.41) is 0. The van der Waals surface area contributed by atoms with E-state index < -0.39 is 11.7 Å². The molecule has 4 nitrogen and oxygen atoms in total. The molecule has 0 aliphatic heterocycles. The fraction of sp³-hybridized carbons (Fsp3) is 0.294. The lowest BCUT2D eigenvalue weighted by atomic mass is 9.90. The van der Waals surface area contributed by atoms with Crippen molar-refractivity contribution in [1.82, 2.24) is 10.9 Å². The third kappa shape index (κ3) is 3.67. The monoisotopic (exact) mass is 410 g/mol. The highest BCUT2D eigenvalue weighted by atomic mass is 79.9. The van der Waals surface area contributed by atoms with Gasteiger partial charge >= 0.3 is 0 Å². The van der Waals surface area contributed by atoms with Gasteiger partial charge in [0.15, 0.2) is 0 Å². The van der Waals surface area contributed by atoms with Gasteiger partial charge in [0.05, 0.1) is 10.4 Å². The SMILES string of the molecule is C[C@H]1CCc2sc(C(=O)NNC(=O)c3cc(Br)ccc3F)cc2C1. The molecule has 3 rings (SSSR count). The van der Waals surface area contributed by atoms with Crippen molar-refractivity contribution in [2.45, 2.75) is 26.2 Å². The highest BCUT2D eigenvalue weighted by Gasteiger charge is 2.21. The number of amides is 2. The van der Waals surface area contributed by atoms with Gasteiger partial charge < -0.3 is 0 Å². The van der Waals surface area contributed by atoms with Gasteiger partial charge in [-0.2, -0.15) is 0 Å². The van der Waals surface area contributed by atoms with Gasteiger partial charge in [-0.15, -0.1) is 11.3 Å².